The van der Waals surface area contributed by atoms with E-state index < -0.39 is 47.3 Å². The van der Waals surface area contributed by atoms with Gasteiger partial charge in [0.15, 0.2) is 0 Å². The largest absolute Gasteiger partial charge is 0.416 e. The van der Waals surface area contributed by atoms with Crippen LogP contribution in [0.4, 0.5) is 23.2 Å². The molecule has 9 heteroatoms. The van der Waals surface area contributed by atoms with Crippen molar-refractivity contribution in [1.82, 2.24) is 4.98 Å². The molecule has 4 atom stereocenters. The number of aliphatic hydroxyl groups is 1. The predicted octanol–water partition coefficient (Wildman–Crippen LogP) is 3.64. The molecule has 0 spiro atoms. The first kappa shape index (κ1) is 20.7. The number of aryl methyl sites for hydroxylation is 1. The molecule has 2 bridgehead atoms. The molecule has 4 rings (SSSR count). The van der Waals surface area contributed by atoms with Gasteiger partial charge in [0.25, 0.3) is 0 Å². The maximum atomic E-state index is 13.6. The van der Waals surface area contributed by atoms with E-state index in [1.807, 2.05) is 0 Å². The van der Waals surface area contributed by atoms with Crippen molar-refractivity contribution in [2.24, 2.45) is 5.41 Å². The lowest BCUT2D eigenvalue weighted by molar-refractivity contribution is -0.138. The molecule has 0 radical (unpaired) electrons. The number of pyridine rings is 1. The molecule has 1 amide bonds. The van der Waals surface area contributed by atoms with Gasteiger partial charge >= 0.3 is 6.18 Å². The second kappa shape index (κ2) is 7.31. The summed E-state index contributed by atoms with van der Waals surface area (Å²) in [5.41, 5.74) is -1.38. The van der Waals surface area contributed by atoms with Gasteiger partial charge < -0.3 is 15.2 Å². The molecule has 3 heterocycles. The zero-order valence-electron chi connectivity index (χ0n) is 16.0. The maximum Gasteiger partial charge on any atom is 0.416 e. The van der Waals surface area contributed by atoms with Crippen LogP contribution in [0.5, 0.6) is 0 Å². The van der Waals surface area contributed by atoms with Crippen LogP contribution in [-0.4, -0.2) is 34.3 Å². The summed E-state index contributed by atoms with van der Waals surface area (Å²) in [5, 5.41) is 12.6. The molecular formula is C21H20F4N2O3. The van der Waals surface area contributed by atoms with E-state index in [-0.39, 0.29) is 30.5 Å². The number of amides is 1. The third kappa shape index (κ3) is 3.67. The molecule has 2 fully saturated rings. The van der Waals surface area contributed by atoms with Gasteiger partial charge in [-0.1, -0.05) is 6.07 Å². The molecule has 0 aliphatic carbocycles. The summed E-state index contributed by atoms with van der Waals surface area (Å²) >= 11 is 0. The van der Waals surface area contributed by atoms with E-state index in [0.717, 1.165) is 6.07 Å². The molecule has 1 aromatic carbocycles. The Balaban J connectivity index is 1.65. The molecular weight excluding hydrogens is 404 g/mol. The number of rotatable bonds is 4. The van der Waals surface area contributed by atoms with Crippen LogP contribution in [0.2, 0.25) is 0 Å². The number of alkyl halides is 3. The minimum absolute atomic E-state index is 0.0153. The van der Waals surface area contributed by atoms with Crippen LogP contribution in [0, 0.1) is 18.3 Å². The van der Waals surface area contributed by atoms with E-state index in [1.165, 1.54) is 31.3 Å². The summed E-state index contributed by atoms with van der Waals surface area (Å²) < 4.78 is 59.0. The number of hydrogen-bond acceptors (Lipinski definition) is 4. The first-order chi connectivity index (χ1) is 14.1. The van der Waals surface area contributed by atoms with Gasteiger partial charge in [-0.25, -0.2) is 4.98 Å². The fourth-order valence-corrected chi connectivity index (χ4v) is 4.44. The minimum Gasteiger partial charge on any atom is -0.390 e. The number of fused-ring (bicyclic) bond motifs is 2. The van der Waals surface area contributed by atoms with Crippen molar-refractivity contribution in [2.75, 3.05) is 5.32 Å². The van der Waals surface area contributed by atoms with Crippen molar-refractivity contribution in [3.8, 4) is 0 Å². The zero-order chi connectivity index (χ0) is 21.7. The summed E-state index contributed by atoms with van der Waals surface area (Å²) in [4.78, 5) is 16.8. The van der Waals surface area contributed by atoms with Gasteiger partial charge in [0.2, 0.25) is 11.9 Å². The Hall–Kier alpha value is -2.52. The van der Waals surface area contributed by atoms with Crippen LogP contribution in [0.15, 0.2) is 36.5 Å². The fourth-order valence-electron chi connectivity index (χ4n) is 4.44. The topological polar surface area (TPSA) is 71.5 Å². The first-order valence-corrected chi connectivity index (χ1v) is 9.52. The van der Waals surface area contributed by atoms with Gasteiger partial charge in [-0.3, -0.25) is 4.79 Å². The molecule has 2 aromatic rings. The van der Waals surface area contributed by atoms with E-state index in [1.54, 1.807) is 6.07 Å². The third-order valence-electron chi connectivity index (χ3n) is 5.97. The SMILES string of the molecule is Cc1ccc(NC(=O)[C@@]2(Cc3ccnc(F)c3)C[C@H]3O[C@@H]2C[C@@H]3O)cc1C(F)(F)F. The number of benzene rings is 1. The van der Waals surface area contributed by atoms with Crippen molar-refractivity contribution in [3.63, 3.8) is 0 Å². The van der Waals surface area contributed by atoms with Crippen molar-refractivity contribution in [2.45, 2.75) is 50.7 Å². The van der Waals surface area contributed by atoms with Gasteiger partial charge in [-0.05, 0) is 55.2 Å². The van der Waals surface area contributed by atoms with Crippen LogP contribution in [0.1, 0.15) is 29.5 Å². The lowest BCUT2D eigenvalue weighted by Gasteiger charge is -2.35. The highest BCUT2D eigenvalue weighted by atomic mass is 19.4. The number of aromatic nitrogens is 1. The average Bonchev–Trinajstić information content (AvgIpc) is 3.19. The third-order valence-corrected chi connectivity index (χ3v) is 5.97. The van der Waals surface area contributed by atoms with Crippen LogP contribution < -0.4 is 5.32 Å². The molecule has 160 valence electrons. The van der Waals surface area contributed by atoms with E-state index in [0.29, 0.717) is 5.56 Å². The van der Waals surface area contributed by atoms with E-state index >= 15 is 0 Å². The lowest BCUT2D eigenvalue weighted by Crippen LogP contribution is -2.48. The van der Waals surface area contributed by atoms with Gasteiger partial charge in [0.1, 0.15) is 0 Å². The van der Waals surface area contributed by atoms with Crippen molar-refractivity contribution >= 4 is 11.6 Å². The first-order valence-electron chi connectivity index (χ1n) is 9.52. The molecule has 1 aromatic heterocycles. The quantitative estimate of drug-likeness (QED) is 0.581. The van der Waals surface area contributed by atoms with Crippen molar-refractivity contribution in [3.05, 3.63) is 59.2 Å². The summed E-state index contributed by atoms with van der Waals surface area (Å²) in [6.07, 6.45) is -4.60. The average molecular weight is 424 g/mol. The Morgan fingerprint density at radius 2 is 2.10 bits per heavy atom. The number of hydrogen-bond donors (Lipinski definition) is 2. The number of aliphatic hydroxyl groups excluding tert-OH is 1. The normalized spacial score (nSPS) is 28.0. The number of anilines is 1. The van der Waals surface area contributed by atoms with E-state index in [4.69, 9.17) is 4.74 Å². The number of carbonyl (C=O) groups excluding carboxylic acids is 1. The molecule has 2 saturated heterocycles. The van der Waals surface area contributed by atoms with Gasteiger partial charge in [0, 0.05) is 18.3 Å². The lowest BCUT2D eigenvalue weighted by atomic mass is 9.68. The maximum absolute atomic E-state index is 13.6. The Labute approximate surface area is 170 Å². The monoisotopic (exact) mass is 424 g/mol. The number of nitrogens with zero attached hydrogens (tertiary/aromatic N) is 1. The number of nitrogens with one attached hydrogen (secondary N) is 1. The van der Waals surface area contributed by atoms with Gasteiger partial charge in [-0.2, -0.15) is 17.6 Å². The van der Waals surface area contributed by atoms with Crippen LogP contribution in [0.25, 0.3) is 0 Å². The summed E-state index contributed by atoms with van der Waals surface area (Å²) in [6.45, 7) is 1.35. The zero-order valence-corrected chi connectivity index (χ0v) is 16.0. The van der Waals surface area contributed by atoms with Crippen LogP contribution in [-0.2, 0) is 22.1 Å². The highest BCUT2D eigenvalue weighted by Gasteiger charge is 2.60. The number of halogens is 4. The van der Waals surface area contributed by atoms with Crippen molar-refractivity contribution < 1.29 is 32.2 Å². The molecule has 30 heavy (non-hydrogen) atoms. The second-order valence-corrected chi connectivity index (χ2v) is 7.97. The Kier molecular flexibility index (Phi) is 5.06. The standard InChI is InChI=1S/C21H20F4N2O3/c1-11-2-3-13(7-14(11)21(23,24)25)27-19(29)20(9-12-4-5-26-18(22)6-12)10-16-15(28)8-17(20)30-16/h2-7,15-17,28H,8-10H2,1H3,(H,27,29)/t15-,16+,17+,20-/m0/s1. The Bertz CT molecular complexity index is 979. The molecule has 0 unspecified atom stereocenters. The highest BCUT2D eigenvalue weighted by molar-refractivity contribution is 5.96. The predicted molar refractivity (Wildman–Crippen MR) is 99.0 cm³/mol. The fraction of sp³-hybridized carbons (Fsp3) is 0.429. The number of ether oxygens (including phenoxy) is 1. The minimum atomic E-state index is -4.54. The van der Waals surface area contributed by atoms with Crippen molar-refractivity contribution in [1.29, 1.82) is 0 Å². The smallest absolute Gasteiger partial charge is 0.390 e. The molecule has 0 saturated carbocycles. The molecule has 2 aliphatic rings. The molecule has 2 aliphatic heterocycles. The van der Waals surface area contributed by atoms with Crippen LogP contribution in [0.3, 0.4) is 0 Å². The van der Waals surface area contributed by atoms with E-state index in [2.05, 4.69) is 10.3 Å². The van der Waals surface area contributed by atoms with Crippen LogP contribution >= 0.6 is 0 Å². The summed E-state index contributed by atoms with van der Waals surface area (Å²) in [5.74, 6) is -1.21. The van der Waals surface area contributed by atoms with E-state index in [9.17, 15) is 27.5 Å². The second-order valence-electron chi connectivity index (χ2n) is 7.97. The van der Waals surface area contributed by atoms with Gasteiger partial charge in [0.05, 0.1) is 29.3 Å². The molecule has 5 nitrogen and oxygen atoms in total. The summed E-state index contributed by atoms with van der Waals surface area (Å²) in [6, 6.07) is 6.39. The number of carbonyl (C=O) groups is 1. The highest BCUT2D eigenvalue weighted by Crippen LogP contribution is 2.50. The Morgan fingerprint density at radius 3 is 2.70 bits per heavy atom. The molecule has 2 N–H and O–H groups in total. The summed E-state index contributed by atoms with van der Waals surface area (Å²) in [7, 11) is 0. The Morgan fingerprint density at radius 1 is 1.33 bits per heavy atom. The van der Waals surface area contributed by atoms with Gasteiger partial charge in [-0.15, -0.1) is 0 Å².